The van der Waals surface area contributed by atoms with Crippen LogP contribution in [0.25, 0.3) is 0 Å². The standard InChI is InChI=1S/C17H21NO/c1-2-17(14-19,13-15-9-5-3-6-10-15)18-16-11-7-4-8-12-16/h3-12,18-19H,2,13-14H2,1H3. The summed E-state index contributed by atoms with van der Waals surface area (Å²) in [6.07, 6.45) is 1.68. The second-order valence-electron chi connectivity index (χ2n) is 4.95. The van der Waals surface area contributed by atoms with Gasteiger partial charge in [0.15, 0.2) is 0 Å². The van der Waals surface area contributed by atoms with E-state index >= 15 is 0 Å². The van der Waals surface area contributed by atoms with Crippen molar-refractivity contribution in [2.24, 2.45) is 0 Å². The summed E-state index contributed by atoms with van der Waals surface area (Å²) in [6, 6.07) is 20.4. The quantitative estimate of drug-likeness (QED) is 0.828. The molecular weight excluding hydrogens is 234 g/mol. The van der Waals surface area contributed by atoms with E-state index < -0.39 is 0 Å². The smallest absolute Gasteiger partial charge is 0.0664 e. The van der Waals surface area contributed by atoms with Crippen LogP contribution in [0.15, 0.2) is 60.7 Å². The minimum Gasteiger partial charge on any atom is -0.394 e. The van der Waals surface area contributed by atoms with Crippen LogP contribution in [0.1, 0.15) is 18.9 Å². The van der Waals surface area contributed by atoms with Crippen LogP contribution >= 0.6 is 0 Å². The summed E-state index contributed by atoms with van der Waals surface area (Å²) in [5.41, 5.74) is 1.99. The maximum atomic E-state index is 9.84. The first-order valence-corrected chi connectivity index (χ1v) is 6.76. The molecular formula is C17H21NO. The first-order chi connectivity index (χ1) is 9.28. The lowest BCUT2D eigenvalue weighted by Gasteiger charge is -2.33. The van der Waals surface area contributed by atoms with Crippen LogP contribution < -0.4 is 5.32 Å². The molecule has 1 unspecified atom stereocenters. The first-order valence-electron chi connectivity index (χ1n) is 6.76. The summed E-state index contributed by atoms with van der Waals surface area (Å²) in [5, 5.41) is 13.3. The SMILES string of the molecule is CCC(CO)(Cc1ccccc1)Nc1ccccc1. The average molecular weight is 255 g/mol. The largest absolute Gasteiger partial charge is 0.394 e. The van der Waals surface area contributed by atoms with Gasteiger partial charge >= 0.3 is 0 Å². The molecule has 2 aromatic carbocycles. The van der Waals surface area contributed by atoms with Crippen LogP contribution in [-0.2, 0) is 6.42 Å². The van der Waals surface area contributed by atoms with Crippen molar-refractivity contribution in [3.8, 4) is 0 Å². The normalized spacial score (nSPS) is 13.8. The molecule has 0 aliphatic heterocycles. The number of rotatable bonds is 6. The van der Waals surface area contributed by atoms with Crippen LogP contribution in [-0.4, -0.2) is 17.3 Å². The summed E-state index contributed by atoms with van der Waals surface area (Å²) in [4.78, 5) is 0. The number of aliphatic hydroxyl groups is 1. The number of benzene rings is 2. The molecule has 1 atom stereocenters. The van der Waals surface area contributed by atoms with Crippen LogP contribution in [0.5, 0.6) is 0 Å². The Morgan fingerprint density at radius 1 is 0.947 bits per heavy atom. The van der Waals surface area contributed by atoms with Gasteiger partial charge in [-0.3, -0.25) is 0 Å². The van der Waals surface area contributed by atoms with E-state index in [4.69, 9.17) is 0 Å². The Morgan fingerprint density at radius 2 is 1.53 bits per heavy atom. The molecule has 0 amide bonds. The van der Waals surface area contributed by atoms with E-state index in [1.165, 1.54) is 5.56 Å². The highest BCUT2D eigenvalue weighted by Crippen LogP contribution is 2.23. The molecule has 19 heavy (non-hydrogen) atoms. The molecule has 2 nitrogen and oxygen atoms in total. The molecule has 0 heterocycles. The number of nitrogens with one attached hydrogen (secondary N) is 1. The van der Waals surface area contributed by atoms with Crippen molar-refractivity contribution in [1.82, 2.24) is 0 Å². The lowest BCUT2D eigenvalue weighted by atomic mass is 9.88. The van der Waals surface area contributed by atoms with Gasteiger partial charge in [-0.15, -0.1) is 0 Å². The molecule has 0 bridgehead atoms. The number of para-hydroxylation sites is 1. The first kappa shape index (κ1) is 13.6. The molecule has 0 aliphatic carbocycles. The zero-order valence-corrected chi connectivity index (χ0v) is 11.3. The molecule has 0 radical (unpaired) electrons. The predicted molar refractivity (Wildman–Crippen MR) is 80.3 cm³/mol. The van der Waals surface area contributed by atoms with Gasteiger partial charge in [0.05, 0.1) is 12.1 Å². The highest BCUT2D eigenvalue weighted by Gasteiger charge is 2.27. The van der Waals surface area contributed by atoms with Gasteiger partial charge in [0.25, 0.3) is 0 Å². The van der Waals surface area contributed by atoms with Gasteiger partial charge in [0.1, 0.15) is 0 Å². The topological polar surface area (TPSA) is 32.3 Å². The average Bonchev–Trinajstić information content (AvgIpc) is 2.48. The Hall–Kier alpha value is -1.80. The van der Waals surface area contributed by atoms with Crippen molar-refractivity contribution in [1.29, 1.82) is 0 Å². The highest BCUT2D eigenvalue weighted by atomic mass is 16.3. The van der Waals surface area contributed by atoms with E-state index in [0.29, 0.717) is 0 Å². The van der Waals surface area contributed by atoms with Crippen molar-refractivity contribution >= 4 is 5.69 Å². The van der Waals surface area contributed by atoms with Crippen molar-refractivity contribution in [2.75, 3.05) is 11.9 Å². The fourth-order valence-corrected chi connectivity index (χ4v) is 2.28. The molecule has 2 rings (SSSR count). The Bertz CT molecular complexity index is 434. The second kappa shape index (κ2) is 6.39. The molecule has 2 heteroatoms. The summed E-state index contributed by atoms with van der Waals surface area (Å²) >= 11 is 0. The van der Waals surface area contributed by atoms with Gasteiger partial charge < -0.3 is 10.4 Å². The third-order valence-corrected chi connectivity index (χ3v) is 3.55. The summed E-state index contributed by atoms with van der Waals surface area (Å²) in [5.74, 6) is 0. The molecule has 0 spiro atoms. The van der Waals surface area contributed by atoms with Gasteiger partial charge in [-0.1, -0.05) is 55.5 Å². The molecule has 0 saturated carbocycles. The monoisotopic (exact) mass is 255 g/mol. The third kappa shape index (κ3) is 3.58. The molecule has 2 N–H and O–H groups in total. The Kier molecular flexibility index (Phi) is 4.58. The van der Waals surface area contributed by atoms with Gasteiger partial charge in [0.2, 0.25) is 0 Å². The van der Waals surface area contributed by atoms with E-state index in [0.717, 1.165) is 18.5 Å². The Balaban J connectivity index is 2.18. The van der Waals surface area contributed by atoms with E-state index in [9.17, 15) is 5.11 Å². The summed E-state index contributed by atoms with van der Waals surface area (Å²) in [6.45, 7) is 2.22. The number of hydrogen-bond acceptors (Lipinski definition) is 2. The molecule has 0 aliphatic rings. The predicted octanol–water partition coefficient (Wildman–Crippen LogP) is 3.48. The Morgan fingerprint density at radius 3 is 2.05 bits per heavy atom. The van der Waals surface area contributed by atoms with Crippen molar-refractivity contribution in [3.63, 3.8) is 0 Å². The number of anilines is 1. The van der Waals surface area contributed by atoms with Gasteiger partial charge in [-0.2, -0.15) is 0 Å². The minimum absolute atomic E-state index is 0.118. The fraction of sp³-hybridized carbons (Fsp3) is 0.294. The van der Waals surface area contributed by atoms with Gasteiger partial charge in [-0.25, -0.2) is 0 Å². The summed E-state index contributed by atoms with van der Waals surface area (Å²) < 4.78 is 0. The number of aliphatic hydroxyl groups excluding tert-OH is 1. The third-order valence-electron chi connectivity index (χ3n) is 3.55. The maximum absolute atomic E-state index is 9.84. The fourth-order valence-electron chi connectivity index (χ4n) is 2.28. The maximum Gasteiger partial charge on any atom is 0.0664 e. The second-order valence-corrected chi connectivity index (χ2v) is 4.95. The minimum atomic E-state index is -0.303. The lowest BCUT2D eigenvalue weighted by Crippen LogP contribution is -2.43. The molecule has 0 aromatic heterocycles. The molecule has 0 fully saturated rings. The van der Waals surface area contributed by atoms with Crippen LogP contribution in [0.3, 0.4) is 0 Å². The van der Waals surface area contributed by atoms with E-state index in [1.807, 2.05) is 48.5 Å². The van der Waals surface area contributed by atoms with Gasteiger partial charge in [0, 0.05) is 5.69 Å². The lowest BCUT2D eigenvalue weighted by molar-refractivity contribution is 0.205. The van der Waals surface area contributed by atoms with E-state index in [2.05, 4.69) is 24.4 Å². The van der Waals surface area contributed by atoms with Crippen LogP contribution in [0.4, 0.5) is 5.69 Å². The van der Waals surface area contributed by atoms with E-state index in [-0.39, 0.29) is 12.1 Å². The van der Waals surface area contributed by atoms with E-state index in [1.54, 1.807) is 0 Å². The van der Waals surface area contributed by atoms with Crippen molar-refractivity contribution in [2.45, 2.75) is 25.3 Å². The van der Waals surface area contributed by atoms with Crippen LogP contribution in [0.2, 0.25) is 0 Å². The van der Waals surface area contributed by atoms with Gasteiger partial charge in [-0.05, 0) is 30.5 Å². The number of hydrogen-bond donors (Lipinski definition) is 2. The zero-order valence-electron chi connectivity index (χ0n) is 11.3. The highest BCUT2D eigenvalue weighted by molar-refractivity contribution is 5.45. The molecule has 2 aromatic rings. The molecule has 0 saturated heterocycles. The Labute approximate surface area is 115 Å². The summed E-state index contributed by atoms with van der Waals surface area (Å²) in [7, 11) is 0. The van der Waals surface area contributed by atoms with Crippen molar-refractivity contribution in [3.05, 3.63) is 66.2 Å². The molecule has 100 valence electrons. The van der Waals surface area contributed by atoms with Crippen LogP contribution in [0, 0.1) is 0 Å². The zero-order chi connectivity index (χ0) is 13.6. The van der Waals surface area contributed by atoms with Crippen molar-refractivity contribution < 1.29 is 5.11 Å².